The van der Waals surface area contributed by atoms with Gasteiger partial charge in [0.05, 0.1) is 17.8 Å². The molecule has 0 radical (unpaired) electrons. The van der Waals surface area contributed by atoms with Gasteiger partial charge in [0, 0.05) is 0 Å². The molecule has 2 aromatic rings. The molecule has 0 fully saturated rings. The maximum atomic E-state index is 5.98. The summed E-state index contributed by atoms with van der Waals surface area (Å²) in [5, 5.41) is 8.15. The molecule has 0 saturated heterocycles. The third kappa shape index (κ3) is 1.91. The van der Waals surface area contributed by atoms with Crippen LogP contribution < -0.4 is 4.74 Å². The largest absolute Gasteiger partial charge is 0.495 e. The molecule has 0 N–H and O–H groups in total. The quantitative estimate of drug-likeness (QED) is 0.815. The molecule has 1 aromatic heterocycles. The lowest BCUT2D eigenvalue weighted by Gasteiger charge is -2.06. The van der Waals surface area contributed by atoms with Gasteiger partial charge in [-0.05, 0) is 29.8 Å². The number of hydrogen-bond donors (Lipinski definition) is 0. The van der Waals surface area contributed by atoms with Crippen LogP contribution in [0.15, 0.2) is 24.5 Å². The molecular formula is C9H7Cl2N3O. The highest BCUT2D eigenvalue weighted by molar-refractivity contribution is 6.32. The highest BCUT2D eigenvalue weighted by Gasteiger charge is 2.06. The number of benzene rings is 1. The van der Waals surface area contributed by atoms with E-state index in [-0.39, 0.29) is 5.28 Å². The van der Waals surface area contributed by atoms with Gasteiger partial charge >= 0.3 is 0 Å². The molecule has 1 heterocycles. The maximum absolute atomic E-state index is 5.98. The Bertz CT molecular complexity index is 484. The molecular weight excluding hydrogens is 237 g/mol. The van der Waals surface area contributed by atoms with Crippen molar-refractivity contribution in [3.8, 4) is 11.4 Å². The number of halogens is 2. The van der Waals surface area contributed by atoms with Crippen LogP contribution in [-0.4, -0.2) is 21.9 Å². The van der Waals surface area contributed by atoms with Crippen molar-refractivity contribution in [1.29, 1.82) is 0 Å². The molecule has 0 spiro atoms. The Morgan fingerprint density at radius 2 is 2.13 bits per heavy atom. The van der Waals surface area contributed by atoms with Crippen molar-refractivity contribution in [1.82, 2.24) is 14.8 Å². The number of ether oxygens (including phenoxy) is 1. The minimum atomic E-state index is 0.288. The van der Waals surface area contributed by atoms with Gasteiger partial charge in [-0.15, -0.1) is 10.2 Å². The molecule has 4 nitrogen and oxygen atoms in total. The molecule has 0 aliphatic carbocycles. The Kier molecular flexibility index (Phi) is 2.79. The van der Waals surface area contributed by atoms with Crippen LogP contribution in [0, 0.1) is 0 Å². The summed E-state index contributed by atoms with van der Waals surface area (Å²) in [6.45, 7) is 0. The summed E-state index contributed by atoms with van der Waals surface area (Å²) in [4.78, 5) is 0. The van der Waals surface area contributed by atoms with Gasteiger partial charge in [0.15, 0.2) is 0 Å². The van der Waals surface area contributed by atoms with Crippen LogP contribution in [0.4, 0.5) is 0 Å². The smallest absolute Gasteiger partial charge is 0.229 e. The summed E-state index contributed by atoms with van der Waals surface area (Å²) < 4.78 is 6.66. The minimum Gasteiger partial charge on any atom is -0.495 e. The van der Waals surface area contributed by atoms with Crippen LogP contribution in [0.5, 0.6) is 5.75 Å². The van der Waals surface area contributed by atoms with Gasteiger partial charge in [-0.2, -0.15) is 0 Å². The zero-order chi connectivity index (χ0) is 10.8. The SMILES string of the molecule is COc1ccc(-n2cnnc2Cl)cc1Cl. The van der Waals surface area contributed by atoms with Crippen LogP contribution in [0.2, 0.25) is 10.3 Å². The fraction of sp³-hybridized carbons (Fsp3) is 0.111. The first-order chi connectivity index (χ1) is 7.22. The van der Waals surface area contributed by atoms with E-state index in [4.69, 9.17) is 27.9 Å². The Hall–Kier alpha value is -1.26. The van der Waals surface area contributed by atoms with Crippen LogP contribution in [0.1, 0.15) is 0 Å². The van der Waals surface area contributed by atoms with Crippen LogP contribution >= 0.6 is 23.2 Å². The average Bonchev–Trinajstić information content (AvgIpc) is 2.64. The van der Waals surface area contributed by atoms with E-state index in [9.17, 15) is 0 Å². The summed E-state index contributed by atoms with van der Waals surface area (Å²) >= 11 is 11.8. The standard InChI is InChI=1S/C9H7Cl2N3O/c1-15-8-3-2-6(4-7(8)10)14-5-12-13-9(14)11/h2-5H,1H3. The fourth-order valence-electron chi connectivity index (χ4n) is 1.20. The zero-order valence-electron chi connectivity index (χ0n) is 7.82. The van der Waals surface area contributed by atoms with Crippen molar-refractivity contribution in [2.24, 2.45) is 0 Å². The van der Waals surface area contributed by atoms with Gasteiger partial charge in [0.2, 0.25) is 5.28 Å². The van der Waals surface area contributed by atoms with Crippen molar-refractivity contribution in [3.63, 3.8) is 0 Å². The van der Waals surface area contributed by atoms with Crippen molar-refractivity contribution < 1.29 is 4.74 Å². The molecule has 0 amide bonds. The van der Waals surface area contributed by atoms with Crippen LogP contribution in [0.3, 0.4) is 0 Å². The van der Waals surface area contributed by atoms with Gasteiger partial charge in [-0.1, -0.05) is 11.6 Å². The van der Waals surface area contributed by atoms with Crippen LogP contribution in [0.25, 0.3) is 5.69 Å². The van der Waals surface area contributed by atoms with E-state index in [1.807, 2.05) is 6.07 Å². The number of rotatable bonds is 2. The first-order valence-corrected chi connectivity index (χ1v) is 4.87. The zero-order valence-corrected chi connectivity index (χ0v) is 9.33. The number of methoxy groups -OCH3 is 1. The first kappa shape index (κ1) is 10.3. The lowest BCUT2D eigenvalue weighted by molar-refractivity contribution is 0.415. The number of hydrogen-bond acceptors (Lipinski definition) is 3. The molecule has 6 heteroatoms. The molecule has 0 aliphatic rings. The van der Waals surface area contributed by atoms with Crippen LogP contribution in [-0.2, 0) is 0 Å². The maximum Gasteiger partial charge on any atom is 0.229 e. The van der Waals surface area contributed by atoms with E-state index in [1.165, 1.54) is 6.33 Å². The van der Waals surface area contributed by atoms with E-state index < -0.39 is 0 Å². The van der Waals surface area contributed by atoms with Gasteiger partial charge in [0.25, 0.3) is 0 Å². The molecule has 0 saturated carbocycles. The van der Waals surface area contributed by atoms with Crippen molar-refractivity contribution in [2.45, 2.75) is 0 Å². The first-order valence-electron chi connectivity index (χ1n) is 4.12. The van der Waals surface area contributed by atoms with Gasteiger partial charge < -0.3 is 4.74 Å². The molecule has 0 aliphatic heterocycles. The summed E-state index contributed by atoms with van der Waals surface area (Å²) in [6, 6.07) is 5.31. The number of aromatic nitrogens is 3. The monoisotopic (exact) mass is 243 g/mol. The molecule has 0 bridgehead atoms. The second-order valence-electron chi connectivity index (χ2n) is 2.79. The molecule has 2 rings (SSSR count). The van der Waals surface area contributed by atoms with Crippen molar-refractivity contribution in [3.05, 3.63) is 34.8 Å². The third-order valence-electron chi connectivity index (χ3n) is 1.92. The predicted octanol–water partition coefficient (Wildman–Crippen LogP) is 2.58. The highest BCUT2D eigenvalue weighted by Crippen LogP contribution is 2.27. The van der Waals surface area contributed by atoms with Gasteiger partial charge in [-0.25, -0.2) is 0 Å². The van der Waals surface area contributed by atoms with Gasteiger partial charge in [0.1, 0.15) is 12.1 Å². The normalized spacial score (nSPS) is 10.3. The third-order valence-corrected chi connectivity index (χ3v) is 2.47. The minimum absolute atomic E-state index is 0.288. The fourth-order valence-corrected chi connectivity index (χ4v) is 1.64. The lowest BCUT2D eigenvalue weighted by Crippen LogP contribution is -1.93. The second-order valence-corrected chi connectivity index (χ2v) is 3.53. The summed E-state index contributed by atoms with van der Waals surface area (Å²) in [6.07, 6.45) is 1.51. The van der Waals surface area contributed by atoms with E-state index in [2.05, 4.69) is 10.2 Å². The van der Waals surface area contributed by atoms with Crippen molar-refractivity contribution in [2.75, 3.05) is 7.11 Å². The molecule has 1 aromatic carbocycles. The Labute approximate surface area is 96.4 Å². The van der Waals surface area contributed by atoms with Gasteiger partial charge in [-0.3, -0.25) is 4.57 Å². The van der Waals surface area contributed by atoms with E-state index in [1.54, 1.807) is 23.8 Å². The van der Waals surface area contributed by atoms with E-state index >= 15 is 0 Å². The molecule has 0 atom stereocenters. The van der Waals surface area contributed by atoms with E-state index in [0.29, 0.717) is 10.8 Å². The Balaban J connectivity index is 2.47. The average molecular weight is 244 g/mol. The molecule has 15 heavy (non-hydrogen) atoms. The Morgan fingerprint density at radius 3 is 2.67 bits per heavy atom. The predicted molar refractivity (Wildman–Crippen MR) is 57.9 cm³/mol. The lowest BCUT2D eigenvalue weighted by atomic mass is 10.3. The molecule has 0 unspecified atom stereocenters. The topological polar surface area (TPSA) is 39.9 Å². The molecule has 78 valence electrons. The number of nitrogens with zero attached hydrogens (tertiary/aromatic N) is 3. The van der Waals surface area contributed by atoms with E-state index in [0.717, 1.165) is 5.69 Å². The summed E-state index contributed by atoms with van der Waals surface area (Å²) in [7, 11) is 1.56. The van der Waals surface area contributed by atoms with Crippen molar-refractivity contribution >= 4 is 23.2 Å². The summed E-state index contributed by atoms with van der Waals surface area (Å²) in [5.74, 6) is 0.615. The second kappa shape index (κ2) is 4.08. The Morgan fingerprint density at radius 1 is 1.33 bits per heavy atom. The highest BCUT2D eigenvalue weighted by atomic mass is 35.5. The summed E-state index contributed by atoms with van der Waals surface area (Å²) in [5.41, 5.74) is 0.788.